The van der Waals surface area contributed by atoms with Crippen molar-refractivity contribution in [3.8, 4) is 0 Å². The maximum absolute atomic E-state index is 12.1. The van der Waals surface area contributed by atoms with Gasteiger partial charge in [0.25, 0.3) is 0 Å². The molecule has 3 rings (SSSR count). The second kappa shape index (κ2) is 6.69. The Kier molecular flexibility index (Phi) is 4.47. The summed E-state index contributed by atoms with van der Waals surface area (Å²) >= 11 is 0. The molecule has 3 aromatic rings. The van der Waals surface area contributed by atoms with Crippen molar-refractivity contribution in [2.45, 2.75) is 26.7 Å². The number of carbonyl (C=O) groups excluding carboxylic acids is 1. The summed E-state index contributed by atoms with van der Waals surface area (Å²) in [5.41, 5.74) is 5.88. The molecule has 0 aliphatic carbocycles. The van der Waals surface area contributed by atoms with E-state index < -0.39 is 0 Å². The number of rotatable bonds is 5. The molecule has 2 N–H and O–H groups in total. The highest BCUT2D eigenvalue weighted by Gasteiger charge is 2.09. The SMILES string of the molecule is Cc1ccccc1CC(=O)NCCc1c(C)[nH]c2ccccc12. The van der Waals surface area contributed by atoms with Gasteiger partial charge in [0.15, 0.2) is 0 Å². The number of aromatic nitrogens is 1. The highest BCUT2D eigenvalue weighted by Crippen LogP contribution is 2.21. The van der Waals surface area contributed by atoms with Crippen molar-refractivity contribution in [3.05, 3.63) is 70.9 Å². The molecule has 0 aliphatic rings. The van der Waals surface area contributed by atoms with Crippen molar-refractivity contribution in [1.82, 2.24) is 10.3 Å². The molecule has 0 atom stereocenters. The fourth-order valence-electron chi connectivity index (χ4n) is 3.03. The Morgan fingerprint density at radius 2 is 1.78 bits per heavy atom. The van der Waals surface area contributed by atoms with Crippen LogP contribution in [0.15, 0.2) is 48.5 Å². The smallest absolute Gasteiger partial charge is 0.224 e. The summed E-state index contributed by atoms with van der Waals surface area (Å²) < 4.78 is 0. The normalized spacial score (nSPS) is 10.9. The molecule has 0 fully saturated rings. The van der Waals surface area contributed by atoms with Gasteiger partial charge in [-0.25, -0.2) is 0 Å². The van der Waals surface area contributed by atoms with E-state index in [-0.39, 0.29) is 5.91 Å². The first-order valence-corrected chi connectivity index (χ1v) is 8.02. The molecule has 2 aromatic carbocycles. The molecular formula is C20H22N2O. The highest BCUT2D eigenvalue weighted by molar-refractivity contribution is 5.84. The lowest BCUT2D eigenvalue weighted by atomic mass is 10.1. The molecule has 0 saturated carbocycles. The van der Waals surface area contributed by atoms with Gasteiger partial charge in [-0.2, -0.15) is 0 Å². The van der Waals surface area contributed by atoms with Crippen LogP contribution in [0.5, 0.6) is 0 Å². The number of aromatic amines is 1. The van der Waals surface area contributed by atoms with Crippen molar-refractivity contribution in [2.24, 2.45) is 0 Å². The van der Waals surface area contributed by atoms with Crippen LogP contribution in [0.3, 0.4) is 0 Å². The lowest BCUT2D eigenvalue weighted by molar-refractivity contribution is -0.120. The summed E-state index contributed by atoms with van der Waals surface area (Å²) in [4.78, 5) is 15.5. The van der Waals surface area contributed by atoms with Gasteiger partial charge >= 0.3 is 0 Å². The fraction of sp³-hybridized carbons (Fsp3) is 0.250. The van der Waals surface area contributed by atoms with Crippen LogP contribution in [0.4, 0.5) is 0 Å². The van der Waals surface area contributed by atoms with E-state index in [2.05, 4.69) is 35.4 Å². The summed E-state index contributed by atoms with van der Waals surface area (Å²) in [6, 6.07) is 16.3. The third-order valence-corrected chi connectivity index (χ3v) is 4.34. The largest absolute Gasteiger partial charge is 0.358 e. The van der Waals surface area contributed by atoms with E-state index in [1.807, 2.05) is 37.3 Å². The third kappa shape index (κ3) is 3.45. The third-order valence-electron chi connectivity index (χ3n) is 4.34. The number of H-pyrrole nitrogens is 1. The van der Waals surface area contributed by atoms with Crippen molar-refractivity contribution >= 4 is 16.8 Å². The van der Waals surface area contributed by atoms with Gasteiger partial charge in [-0.3, -0.25) is 4.79 Å². The van der Waals surface area contributed by atoms with Crippen LogP contribution in [0, 0.1) is 13.8 Å². The number of para-hydroxylation sites is 1. The Bertz CT molecular complexity index is 833. The van der Waals surface area contributed by atoms with E-state index in [4.69, 9.17) is 0 Å². The standard InChI is InChI=1S/C20H22N2O/c1-14-7-3-4-8-16(14)13-20(23)21-12-11-17-15(2)22-19-10-6-5-9-18(17)19/h3-10,22H,11-13H2,1-2H3,(H,21,23). The molecule has 0 radical (unpaired) electrons. The number of nitrogens with one attached hydrogen (secondary N) is 2. The predicted molar refractivity (Wildman–Crippen MR) is 94.6 cm³/mol. The number of amides is 1. The van der Waals surface area contributed by atoms with E-state index in [0.717, 1.165) is 23.1 Å². The van der Waals surface area contributed by atoms with Crippen LogP contribution in [0.2, 0.25) is 0 Å². The molecule has 0 bridgehead atoms. The lowest BCUT2D eigenvalue weighted by Gasteiger charge is -2.07. The molecule has 0 unspecified atom stereocenters. The number of carbonyl (C=O) groups is 1. The second-order valence-corrected chi connectivity index (χ2v) is 5.98. The minimum absolute atomic E-state index is 0.0804. The Balaban J connectivity index is 1.59. The molecule has 1 aromatic heterocycles. The predicted octanol–water partition coefficient (Wildman–Crippen LogP) is 3.69. The first kappa shape index (κ1) is 15.3. The molecule has 23 heavy (non-hydrogen) atoms. The van der Waals surface area contributed by atoms with Gasteiger partial charge in [-0.15, -0.1) is 0 Å². The van der Waals surface area contributed by atoms with Crippen LogP contribution in [-0.2, 0) is 17.6 Å². The summed E-state index contributed by atoms with van der Waals surface area (Å²) in [7, 11) is 0. The summed E-state index contributed by atoms with van der Waals surface area (Å²) in [6.45, 7) is 4.79. The van der Waals surface area contributed by atoms with E-state index in [9.17, 15) is 4.79 Å². The first-order chi connectivity index (χ1) is 11.1. The summed E-state index contributed by atoms with van der Waals surface area (Å²) in [5, 5.41) is 4.28. The number of hydrogen-bond acceptors (Lipinski definition) is 1. The van der Waals surface area contributed by atoms with Gasteiger partial charge in [0.2, 0.25) is 5.91 Å². The summed E-state index contributed by atoms with van der Waals surface area (Å²) in [6.07, 6.45) is 1.29. The van der Waals surface area contributed by atoms with Gasteiger partial charge in [-0.05, 0) is 43.0 Å². The minimum Gasteiger partial charge on any atom is -0.358 e. The molecule has 0 saturated heterocycles. The topological polar surface area (TPSA) is 44.9 Å². The highest BCUT2D eigenvalue weighted by atomic mass is 16.1. The molecule has 1 amide bonds. The molecular weight excluding hydrogens is 284 g/mol. The Hall–Kier alpha value is -2.55. The van der Waals surface area contributed by atoms with E-state index in [1.165, 1.54) is 16.6 Å². The van der Waals surface area contributed by atoms with Crippen LogP contribution in [0.25, 0.3) is 10.9 Å². The van der Waals surface area contributed by atoms with Gasteiger partial charge in [0.1, 0.15) is 0 Å². The fourth-order valence-corrected chi connectivity index (χ4v) is 3.03. The molecule has 0 aliphatic heterocycles. The molecule has 1 heterocycles. The van der Waals surface area contributed by atoms with Crippen LogP contribution >= 0.6 is 0 Å². The van der Waals surface area contributed by atoms with E-state index in [0.29, 0.717) is 13.0 Å². The van der Waals surface area contributed by atoms with Crippen molar-refractivity contribution < 1.29 is 4.79 Å². The van der Waals surface area contributed by atoms with Crippen LogP contribution in [-0.4, -0.2) is 17.4 Å². The summed E-state index contributed by atoms with van der Waals surface area (Å²) in [5.74, 6) is 0.0804. The second-order valence-electron chi connectivity index (χ2n) is 5.98. The molecule has 3 nitrogen and oxygen atoms in total. The average molecular weight is 306 g/mol. The zero-order valence-corrected chi connectivity index (χ0v) is 13.6. The number of benzene rings is 2. The molecule has 0 spiro atoms. The molecule has 3 heteroatoms. The Morgan fingerprint density at radius 3 is 2.61 bits per heavy atom. The van der Waals surface area contributed by atoms with Gasteiger partial charge in [0.05, 0.1) is 6.42 Å². The van der Waals surface area contributed by atoms with Crippen molar-refractivity contribution in [3.63, 3.8) is 0 Å². The monoisotopic (exact) mass is 306 g/mol. The quantitative estimate of drug-likeness (QED) is 0.742. The minimum atomic E-state index is 0.0804. The Labute approximate surface area is 136 Å². The van der Waals surface area contributed by atoms with Gasteiger partial charge < -0.3 is 10.3 Å². The van der Waals surface area contributed by atoms with E-state index in [1.54, 1.807) is 0 Å². The number of fused-ring (bicyclic) bond motifs is 1. The zero-order valence-electron chi connectivity index (χ0n) is 13.6. The first-order valence-electron chi connectivity index (χ1n) is 8.02. The lowest BCUT2D eigenvalue weighted by Crippen LogP contribution is -2.27. The van der Waals surface area contributed by atoms with Crippen molar-refractivity contribution in [1.29, 1.82) is 0 Å². The zero-order chi connectivity index (χ0) is 16.2. The van der Waals surface area contributed by atoms with Crippen LogP contribution in [0.1, 0.15) is 22.4 Å². The van der Waals surface area contributed by atoms with Crippen molar-refractivity contribution in [2.75, 3.05) is 6.54 Å². The van der Waals surface area contributed by atoms with Gasteiger partial charge in [0, 0.05) is 23.1 Å². The van der Waals surface area contributed by atoms with Gasteiger partial charge in [-0.1, -0.05) is 42.5 Å². The number of aryl methyl sites for hydroxylation is 2. The Morgan fingerprint density at radius 1 is 1.04 bits per heavy atom. The maximum atomic E-state index is 12.1. The maximum Gasteiger partial charge on any atom is 0.224 e. The average Bonchev–Trinajstić information content (AvgIpc) is 2.86. The van der Waals surface area contributed by atoms with Crippen LogP contribution < -0.4 is 5.32 Å². The molecule has 118 valence electrons. The number of hydrogen-bond donors (Lipinski definition) is 2. The van der Waals surface area contributed by atoms with E-state index >= 15 is 0 Å².